The molecule has 0 fully saturated rings. The highest BCUT2D eigenvalue weighted by atomic mass is 35.5. The molecule has 0 saturated carbocycles. The second kappa shape index (κ2) is 7.37. The SMILES string of the molecule is Cc1cccc(SCC(N)Cc2cccc(Cl)c2Cl)c1. The van der Waals surface area contributed by atoms with Crippen LogP contribution in [0.4, 0.5) is 0 Å². The third-order valence-electron chi connectivity index (χ3n) is 2.97. The Kier molecular flexibility index (Phi) is 5.79. The standard InChI is InChI=1S/C16H17Cl2NS/c1-11-4-2-6-14(8-11)20-10-13(19)9-12-5-3-7-15(17)16(12)18/h2-8,13H,9-10,19H2,1H3. The van der Waals surface area contributed by atoms with E-state index in [0.29, 0.717) is 10.0 Å². The Morgan fingerprint density at radius 1 is 1.15 bits per heavy atom. The van der Waals surface area contributed by atoms with Crippen LogP contribution in [0.1, 0.15) is 11.1 Å². The summed E-state index contributed by atoms with van der Waals surface area (Å²) in [7, 11) is 0. The number of nitrogens with two attached hydrogens (primary N) is 1. The molecule has 0 amide bonds. The van der Waals surface area contributed by atoms with E-state index in [4.69, 9.17) is 28.9 Å². The largest absolute Gasteiger partial charge is 0.327 e. The third-order valence-corrected chi connectivity index (χ3v) is 5.01. The van der Waals surface area contributed by atoms with Crippen molar-refractivity contribution in [2.24, 2.45) is 5.73 Å². The van der Waals surface area contributed by atoms with Gasteiger partial charge in [0.15, 0.2) is 0 Å². The van der Waals surface area contributed by atoms with E-state index in [1.807, 2.05) is 12.1 Å². The van der Waals surface area contributed by atoms with Crippen LogP contribution in [0.25, 0.3) is 0 Å². The van der Waals surface area contributed by atoms with Crippen molar-refractivity contribution >= 4 is 35.0 Å². The first-order chi connectivity index (χ1) is 9.56. The monoisotopic (exact) mass is 325 g/mol. The van der Waals surface area contributed by atoms with Crippen LogP contribution >= 0.6 is 35.0 Å². The summed E-state index contributed by atoms with van der Waals surface area (Å²) < 4.78 is 0. The van der Waals surface area contributed by atoms with Crippen molar-refractivity contribution in [1.82, 2.24) is 0 Å². The van der Waals surface area contributed by atoms with Crippen LogP contribution < -0.4 is 5.73 Å². The Bertz CT molecular complexity index is 586. The Morgan fingerprint density at radius 3 is 2.65 bits per heavy atom. The first kappa shape index (κ1) is 15.7. The number of hydrogen-bond donors (Lipinski definition) is 1. The Hall–Kier alpha value is -0.670. The molecule has 0 spiro atoms. The summed E-state index contributed by atoms with van der Waals surface area (Å²) in [5, 5.41) is 1.20. The summed E-state index contributed by atoms with van der Waals surface area (Å²) >= 11 is 14.0. The van der Waals surface area contributed by atoms with E-state index in [0.717, 1.165) is 17.7 Å². The fourth-order valence-electron chi connectivity index (χ4n) is 1.96. The first-order valence-electron chi connectivity index (χ1n) is 6.44. The van der Waals surface area contributed by atoms with Crippen LogP contribution in [0.5, 0.6) is 0 Å². The molecule has 1 unspecified atom stereocenters. The quantitative estimate of drug-likeness (QED) is 0.786. The average molecular weight is 326 g/mol. The normalized spacial score (nSPS) is 12.4. The highest BCUT2D eigenvalue weighted by Gasteiger charge is 2.10. The van der Waals surface area contributed by atoms with Gasteiger partial charge in [0.25, 0.3) is 0 Å². The average Bonchev–Trinajstić information content (AvgIpc) is 2.42. The zero-order valence-electron chi connectivity index (χ0n) is 11.3. The molecule has 2 aromatic carbocycles. The summed E-state index contributed by atoms with van der Waals surface area (Å²) in [6, 6.07) is 14.2. The molecule has 2 rings (SSSR count). The van der Waals surface area contributed by atoms with E-state index in [9.17, 15) is 0 Å². The van der Waals surface area contributed by atoms with E-state index < -0.39 is 0 Å². The zero-order chi connectivity index (χ0) is 14.5. The maximum Gasteiger partial charge on any atom is 0.0624 e. The van der Waals surface area contributed by atoms with Gasteiger partial charge in [-0.3, -0.25) is 0 Å². The minimum Gasteiger partial charge on any atom is -0.327 e. The summed E-state index contributed by atoms with van der Waals surface area (Å²) in [5.74, 6) is 0.853. The maximum atomic E-state index is 6.19. The molecule has 0 aliphatic heterocycles. The van der Waals surface area contributed by atoms with Gasteiger partial charge in [0.05, 0.1) is 10.0 Å². The molecule has 106 valence electrons. The molecule has 20 heavy (non-hydrogen) atoms. The molecule has 2 aromatic rings. The van der Waals surface area contributed by atoms with Crippen molar-refractivity contribution in [2.45, 2.75) is 24.3 Å². The smallest absolute Gasteiger partial charge is 0.0624 e. The Morgan fingerprint density at radius 2 is 1.90 bits per heavy atom. The maximum absolute atomic E-state index is 6.19. The second-order valence-corrected chi connectivity index (χ2v) is 6.68. The molecule has 2 N–H and O–H groups in total. The van der Waals surface area contributed by atoms with Crippen LogP contribution in [0, 0.1) is 6.92 Å². The van der Waals surface area contributed by atoms with Crippen LogP contribution in [0.2, 0.25) is 10.0 Å². The second-order valence-electron chi connectivity index (χ2n) is 4.80. The van der Waals surface area contributed by atoms with Crippen LogP contribution in [-0.4, -0.2) is 11.8 Å². The van der Waals surface area contributed by atoms with Gasteiger partial charge < -0.3 is 5.73 Å². The summed E-state index contributed by atoms with van der Waals surface area (Å²) in [6.07, 6.45) is 0.734. The van der Waals surface area contributed by atoms with Gasteiger partial charge >= 0.3 is 0 Å². The van der Waals surface area contributed by atoms with Gasteiger partial charge in [-0.25, -0.2) is 0 Å². The van der Waals surface area contributed by atoms with E-state index in [-0.39, 0.29) is 6.04 Å². The number of thioether (sulfide) groups is 1. The van der Waals surface area contributed by atoms with Crippen LogP contribution in [0.3, 0.4) is 0 Å². The van der Waals surface area contributed by atoms with Gasteiger partial charge in [-0.05, 0) is 37.1 Å². The van der Waals surface area contributed by atoms with E-state index in [1.54, 1.807) is 17.8 Å². The Labute approximate surface area is 134 Å². The number of rotatable bonds is 5. The number of hydrogen-bond acceptors (Lipinski definition) is 2. The van der Waals surface area contributed by atoms with Crippen molar-refractivity contribution in [3.63, 3.8) is 0 Å². The van der Waals surface area contributed by atoms with Gasteiger partial charge in [-0.2, -0.15) is 0 Å². The molecule has 0 aliphatic carbocycles. The number of halogens is 2. The lowest BCUT2D eigenvalue weighted by Crippen LogP contribution is -2.25. The molecule has 0 heterocycles. The van der Waals surface area contributed by atoms with Gasteiger partial charge in [-0.15, -0.1) is 11.8 Å². The molecule has 1 nitrogen and oxygen atoms in total. The third kappa shape index (κ3) is 4.42. The van der Waals surface area contributed by atoms with E-state index in [1.165, 1.54) is 10.5 Å². The highest BCUT2D eigenvalue weighted by Crippen LogP contribution is 2.27. The molecular formula is C16H17Cl2NS. The predicted octanol–water partition coefficient (Wildman–Crippen LogP) is 4.96. The molecule has 1 atom stereocenters. The molecule has 0 bridgehead atoms. The molecule has 0 aliphatic rings. The minimum atomic E-state index is 0.0523. The van der Waals surface area contributed by atoms with Crippen molar-refractivity contribution in [3.8, 4) is 0 Å². The van der Waals surface area contributed by atoms with Gasteiger partial charge in [0.2, 0.25) is 0 Å². The van der Waals surface area contributed by atoms with Crippen molar-refractivity contribution in [2.75, 3.05) is 5.75 Å². The highest BCUT2D eigenvalue weighted by molar-refractivity contribution is 7.99. The first-order valence-corrected chi connectivity index (χ1v) is 8.18. The Balaban J connectivity index is 1.92. The molecule has 0 radical (unpaired) electrons. The van der Waals surface area contributed by atoms with E-state index in [2.05, 4.69) is 31.2 Å². The molecule has 0 saturated heterocycles. The van der Waals surface area contributed by atoms with Crippen LogP contribution in [0.15, 0.2) is 47.4 Å². The lowest BCUT2D eigenvalue weighted by atomic mass is 10.1. The van der Waals surface area contributed by atoms with Crippen molar-refractivity contribution in [1.29, 1.82) is 0 Å². The van der Waals surface area contributed by atoms with Gasteiger partial charge in [0.1, 0.15) is 0 Å². The lowest BCUT2D eigenvalue weighted by molar-refractivity contribution is 0.749. The summed E-state index contributed by atoms with van der Waals surface area (Å²) in [6.45, 7) is 2.09. The number of benzene rings is 2. The van der Waals surface area contributed by atoms with E-state index >= 15 is 0 Å². The lowest BCUT2D eigenvalue weighted by Gasteiger charge is -2.13. The predicted molar refractivity (Wildman–Crippen MR) is 90.0 cm³/mol. The summed E-state index contributed by atoms with van der Waals surface area (Å²) in [5.41, 5.74) is 8.46. The van der Waals surface area contributed by atoms with Crippen molar-refractivity contribution < 1.29 is 0 Å². The zero-order valence-corrected chi connectivity index (χ0v) is 13.6. The van der Waals surface area contributed by atoms with Gasteiger partial charge in [-0.1, -0.05) is 53.0 Å². The fourth-order valence-corrected chi connectivity index (χ4v) is 3.32. The fraction of sp³-hybridized carbons (Fsp3) is 0.250. The number of aryl methyl sites for hydroxylation is 1. The van der Waals surface area contributed by atoms with Crippen LogP contribution in [-0.2, 0) is 6.42 Å². The molecule has 4 heteroatoms. The van der Waals surface area contributed by atoms with Crippen molar-refractivity contribution in [3.05, 3.63) is 63.6 Å². The van der Waals surface area contributed by atoms with Gasteiger partial charge in [0, 0.05) is 16.7 Å². The topological polar surface area (TPSA) is 26.0 Å². The summed E-state index contributed by atoms with van der Waals surface area (Å²) in [4.78, 5) is 1.25. The molecule has 0 aromatic heterocycles. The minimum absolute atomic E-state index is 0.0523. The molecular weight excluding hydrogens is 309 g/mol.